The van der Waals surface area contributed by atoms with Crippen LogP contribution in [-0.4, -0.2) is 21.9 Å². The maximum atomic E-state index is 14.2. The molecule has 0 amide bonds. The lowest BCUT2D eigenvalue weighted by molar-refractivity contribution is -0.132. The summed E-state index contributed by atoms with van der Waals surface area (Å²) in [5, 5.41) is 2.81. The molecule has 0 bridgehead atoms. The van der Waals surface area contributed by atoms with Crippen molar-refractivity contribution in [1.29, 1.82) is 0 Å². The zero-order chi connectivity index (χ0) is 23.3. The van der Waals surface area contributed by atoms with Gasteiger partial charge < -0.3 is 4.74 Å². The van der Waals surface area contributed by atoms with Gasteiger partial charge in [0, 0.05) is 16.3 Å². The van der Waals surface area contributed by atoms with Gasteiger partial charge in [-0.15, -0.1) is 0 Å². The van der Waals surface area contributed by atoms with E-state index in [0.29, 0.717) is 4.90 Å². The molecule has 0 saturated carbocycles. The van der Waals surface area contributed by atoms with Gasteiger partial charge in [-0.05, 0) is 40.2 Å². The molecule has 0 N–H and O–H groups in total. The van der Waals surface area contributed by atoms with Crippen LogP contribution in [0.15, 0.2) is 125 Å². The van der Waals surface area contributed by atoms with Gasteiger partial charge in [0.25, 0.3) is 0 Å². The highest BCUT2D eigenvalue weighted by atomic mass is 79.9. The third-order valence-electron chi connectivity index (χ3n) is 5.30. The van der Waals surface area contributed by atoms with Crippen molar-refractivity contribution >= 4 is 60.1 Å². The maximum Gasteiger partial charge on any atom is 0.348 e. The molecular formula is C27H22BrO3PS. The van der Waals surface area contributed by atoms with Crippen molar-refractivity contribution in [2.75, 3.05) is 7.11 Å². The molecule has 3 nitrogen and oxygen atoms in total. The number of halogens is 1. The molecule has 166 valence electrons. The fourth-order valence-corrected chi connectivity index (χ4v) is 11.0. The van der Waals surface area contributed by atoms with E-state index in [-0.39, 0.29) is 4.63 Å². The van der Waals surface area contributed by atoms with Crippen LogP contribution in [0.3, 0.4) is 0 Å². The van der Waals surface area contributed by atoms with Crippen molar-refractivity contribution in [1.82, 2.24) is 0 Å². The SMILES string of the molecule is COC(=O)C(S(=O)c1ccc(Br)cc1)=P(c1ccccc1)(c1ccccc1)c1ccccc1. The predicted octanol–water partition coefficient (Wildman–Crippen LogP) is 4.85. The molecule has 1 unspecified atom stereocenters. The van der Waals surface area contributed by atoms with Gasteiger partial charge in [0.15, 0.2) is 0 Å². The topological polar surface area (TPSA) is 43.4 Å². The van der Waals surface area contributed by atoms with Gasteiger partial charge >= 0.3 is 5.97 Å². The third-order valence-corrected chi connectivity index (χ3v) is 12.4. The van der Waals surface area contributed by atoms with E-state index in [1.807, 2.05) is 103 Å². The van der Waals surface area contributed by atoms with Crippen LogP contribution in [0.1, 0.15) is 0 Å². The number of benzene rings is 4. The summed E-state index contributed by atoms with van der Waals surface area (Å²) in [5.74, 6) is -0.568. The van der Waals surface area contributed by atoms with Gasteiger partial charge in [-0.1, -0.05) is 107 Å². The maximum absolute atomic E-state index is 14.2. The van der Waals surface area contributed by atoms with Gasteiger partial charge in [0.1, 0.15) is 4.63 Å². The molecule has 0 aliphatic carbocycles. The van der Waals surface area contributed by atoms with Gasteiger partial charge in [0.05, 0.1) is 17.9 Å². The number of ether oxygens (including phenoxy) is 1. The first kappa shape index (κ1) is 23.4. The van der Waals surface area contributed by atoms with E-state index in [9.17, 15) is 9.00 Å². The number of rotatable bonds is 6. The van der Waals surface area contributed by atoms with Crippen LogP contribution < -0.4 is 15.9 Å². The molecular weight excluding hydrogens is 515 g/mol. The fraction of sp³-hybridized carbons (Fsp3) is 0.0370. The molecule has 0 aromatic heterocycles. The van der Waals surface area contributed by atoms with Gasteiger partial charge in [-0.2, -0.15) is 0 Å². The molecule has 0 heterocycles. The zero-order valence-electron chi connectivity index (χ0n) is 17.9. The molecule has 0 aliphatic rings. The van der Waals surface area contributed by atoms with E-state index in [4.69, 9.17) is 4.74 Å². The standard InChI is InChI=1S/C27H22BrO3PS/c1-31-26(29)27(33(30)25-19-17-21(28)18-20-25)32(22-11-5-2-6-12-22,23-13-7-3-8-14-23)24-15-9-4-10-16-24/h2-20H,1H3. The van der Waals surface area contributed by atoms with Gasteiger partial charge in [-0.3, -0.25) is 0 Å². The summed E-state index contributed by atoms with van der Waals surface area (Å²) in [6.45, 7) is -2.84. The van der Waals surface area contributed by atoms with E-state index >= 15 is 0 Å². The highest BCUT2D eigenvalue weighted by molar-refractivity contribution is 9.10. The van der Waals surface area contributed by atoms with Crippen molar-refractivity contribution in [2.24, 2.45) is 0 Å². The van der Waals surface area contributed by atoms with Crippen LogP contribution >= 0.6 is 22.8 Å². The summed E-state index contributed by atoms with van der Waals surface area (Å²) >= 11 is 3.43. The van der Waals surface area contributed by atoms with Crippen LogP contribution in [0, 0.1) is 0 Å². The summed E-state index contributed by atoms with van der Waals surface area (Å²) in [6.07, 6.45) is 0. The fourth-order valence-electron chi connectivity index (χ4n) is 3.85. The Morgan fingerprint density at radius 3 is 1.45 bits per heavy atom. The quantitative estimate of drug-likeness (QED) is 0.261. The summed E-state index contributed by atoms with van der Waals surface area (Å²) in [6, 6.07) is 36.8. The second-order valence-corrected chi connectivity index (χ2v) is 13.2. The number of methoxy groups -OCH3 is 1. The van der Waals surface area contributed by atoms with Crippen molar-refractivity contribution in [3.8, 4) is 0 Å². The summed E-state index contributed by atoms with van der Waals surface area (Å²) in [7, 11) is -0.416. The summed E-state index contributed by atoms with van der Waals surface area (Å²) in [4.78, 5) is 14.1. The number of carbonyl (C=O) groups is 1. The molecule has 33 heavy (non-hydrogen) atoms. The normalized spacial score (nSPS) is 12.1. The second kappa shape index (κ2) is 10.5. The van der Waals surface area contributed by atoms with Gasteiger partial charge in [-0.25, -0.2) is 9.00 Å². The first-order valence-corrected chi connectivity index (χ1v) is 14.0. The minimum atomic E-state index is -2.84. The van der Waals surface area contributed by atoms with E-state index in [2.05, 4.69) is 15.9 Å². The average Bonchev–Trinajstić information content (AvgIpc) is 2.88. The molecule has 0 saturated heterocycles. The number of esters is 1. The number of hydrogen-bond acceptors (Lipinski definition) is 3. The molecule has 6 heteroatoms. The van der Waals surface area contributed by atoms with Crippen molar-refractivity contribution in [3.05, 3.63) is 120 Å². The van der Waals surface area contributed by atoms with E-state index in [0.717, 1.165) is 20.4 Å². The van der Waals surface area contributed by atoms with Gasteiger partial charge in [0.2, 0.25) is 0 Å². The molecule has 4 rings (SSSR count). The minimum Gasteiger partial charge on any atom is -0.465 e. The third kappa shape index (κ3) is 4.54. The van der Waals surface area contributed by atoms with Crippen LogP contribution in [0.4, 0.5) is 0 Å². The first-order valence-electron chi connectivity index (χ1n) is 10.3. The number of carbonyl (C=O) groups excluding carboxylic acids is 1. The minimum absolute atomic E-state index is 0.260. The lowest BCUT2D eigenvalue weighted by Crippen LogP contribution is -2.36. The Kier molecular flexibility index (Phi) is 7.44. The van der Waals surface area contributed by atoms with Crippen LogP contribution in [0.2, 0.25) is 0 Å². The molecule has 4 aromatic rings. The molecule has 0 aliphatic heterocycles. The highest BCUT2D eigenvalue weighted by Gasteiger charge is 2.37. The lowest BCUT2D eigenvalue weighted by Gasteiger charge is -2.31. The van der Waals surface area contributed by atoms with Crippen molar-refractivity contribution in [2.45, 2.75) is 4.90 Å². The first-order chi connectivity index (χ1) is 16.1. The molecule has 0 spiro atoms. The van der Waals surface area contributed by atoms with Crippen molar-refractivity contribution < 1.29 is 13.7 Å². The second-order valence-electron chi connectivity index (χ2n) is 7.20. The Balaban J connectivity index is 2.25. The van der Waals surface area contributed by atoms with Crippen LogP contribution in [0.25, 0.3) is 0 Å². The largest absolute Gasteiger partial charge is 0.465 e. The number of hydrogen-bond donors (Lipinski definition) is 0. The molecule has 1 atom stereocenters. The zero-order valence-corrected chi connectivity index (χ0v) is 21.2. The monoisotopic (exact) mass is 536 g/mol. The average molecular weight is 537 g/mol. The molecule has 4 aromatic carbocycles. The Morgan fingerprint density at radius 2 is 1.09 bits per heavy atom. The Hall–Kier alpha value is -2.72. The molecule has 0 fully saturated rings. The Bertz CT molecular complexity index is 1220. The van der Waals surface area contributed by atoms with Crippen molar-refractivity contribution in [3.63, 3.8) is 0 Å². The molecule has 0 radical (unpaired) electrons. The lowest BCUT2D eigenvalue weighted by atomic mass is 10.4. The summed E-state index contributed by atoms with van der Waals surface area (Å²) in [5.41, 5.74) is 0. The van der Waals surface area contributed by atoms with E-state index < -0.39 is 23.7 Å². The highest BCUT2D eigenvalue weighted by Crippen LogP contribution is 2.47. The smallest absolute Gasteiger partial charge is 0.348 e. The predicted molar refractivity (Wildman–Crippen MR) is 143 cm³/mol. The Labute approximate surface area is 205 Å². The van der Waals surface area contributed by atoms with E-state index in [1.54, 1.807) is 12.1 Å². The Morgan fingerprint density at radius 1 is 0.697 bits per heavy atom. The van der Waals surface area contributed by atoms with Crippen LogP contribution in [0.5, 0.6) is 0 Å². The van der Waals surface area contributed by atoms with Crippen LogP contribution in [-0.2, 0) is 20.3 Å². The van der Waals surface area contributed by atoms with E-state index in [1.165, 1.54) is 7.11 Å². The summed E-state index contributed by atoms with van der Waals surface area (Å²) < 4.78 is 20.6.